The van der Waals surface area contributed by atoms with E-state index >= 15 is 0 Å². The highest BCUT2D eigenvalue weighted by molar-refractivity contribution is 5.94. The van der Waals surface area contributed by atoms with Gasteiger partial charge in [0.2, 0.25) is 0 Å². The quantitative estimate of drug-likeness (QED) is 0.850. The highest BCUT2D eigenvalue weighted by atomic mass is 16.5. The second-order valence-corrected chi connectivity index (χ2v) is 4.85. The van der Waals surface area contributed by atoms with Gasteiger partial charge in [0, 0.05) is 25.8 Å². The zero-order valence-corrected chi connectivity index (χ0v) is 11.5. The fourth-order valence-corrected chi connectivity index (χ4v) is 2.15. The zero-order chi connectivity index (χ0) is 14.5. The maximum absolute atomic E-state index is 12.3. The van der Waals surface area contributed by atoms with Gasteiger partial charge >= 0.3 is 6.03 Å². The summed E-state index contributed by atoms with van der Waals surface area (Å²) in [5.41, 5.74) is 6.53. The van der Waals surface area contributed by atoms with Gasteiger partial charge in [-0.3, -0.25) is 4.79 Å². The Kier molecular flexibility index (Phi) is 4.57. The average molecular weight is 277 g/mol. The molecule has 3 amide bonds. The summed E-state index contributed by atoms with van der Waals surface area (Å²) < 4.78 is 5.29. The number of nitrogens with one attached hydrogen (secondary N) is 1. The maximum Gasteiger partial charge on any atom is 0.312 e. The van der Waals surface area contributed by atoms with Crippen LogP contribution in [0.15, 0.2) is 24.3 Å². The van der Waals surface area contributed by atoms with E-state index in [0.717, 1.165) is 12.0 Å². The largest absolute Gasteiger partial charge is 0.379 e. The van der Waals surface area contributed by atoms with Crippen molar-refractivity contribution in [3.8, 4) is 0 Å². The maximum atomic E-state index is 12.3. The molecule has 3 N–H and O–H groups in total. The lowest BCUT2D eigenvalue weighted by molar-refractivity contribution is 0.0711. The number of primary amides is 1. The number of likely N-dealkylation sites (N-methyl/N-ethyl adjacent to an activating group) is 1. The van der Waals surface area contributed by atoms with E-state index < -0.39 is 6.03 Å². The normalized spacial score (nSPS) is 17.8. The highest BCUT2D eigenvalue weighted by Gasteiger charge is 2.24. The number of nitrogens with two attached hydrogens (primary N) is 1. The van der Waals surface area contributed by atoms with Gasteiger partial charge < -0.3 is 20.7 Å². The first-order chi connectivity index (χ1) is 9.58. The third-order valence-corrected chi connectivity index (χ3v) is 3.44. The number of nitrogens with zero attached hydrogens (tertiary/aromatic N) is 1. The fraction of sp³-hybridized carbons (Fsp3) is 0.429. The van der Waals surface area contributed by atoms with Crippen molar-refractivity contribution in [3.63, 3.8) is 0 Å². The van der Waals surface area contributed by atoms with Gasteiger partial charge in [-0.1, -0.05) is 12.1 Å². The molecule has 1 aromatic carbocycles. The number of hydrogen-bond acceptors (Lipinski definition) is 3. The van der Waals surface area contributed by atoms with Crippen LogP contribution in [0, 0.1) is 0 Å². The van der Waals surface area contributed by atoms with Crippen LogP contribution in [0.4, 0.5) is 4.79 Å². The van der Waals surface area contributed by atoms with Crippen LogP contribution in [0.1, 0.15) is 22.3 Å². The molecule has 108 valence electrons. The molecule has 1 aliphatic heterocycles. The summed E-state index contributed by atoms with van der Waals surface area (Å²) >= 11 is 0. The van der Waals surface area contributed by atoms with Gasteiger partial charge in [-0.15, -0.1) is 0 Å². The lowest BCUT2D eigenvalue weighted by Crippen LogP contribution is -2.37. The fourth-order valence-electron chi connectivity index (χ4n) is 2.15. The van der Waals surface area contributed by atoms with Crippen molar-refractivity contribution in [3.05, 3.63) is 35.4 Å². The van der Waals surface area contributed by atoms with Crippen molar-refractivity contribution in [1.29, 1.82) is 0 Å². The van der Waals surface area contributed by atoms with E-state index in [2.05, 4.69) is 5.32 Å². The smallest absolute Gasteiger partial charge is 0.312 e. The van der Waals surface area contributed by atoms with E-state index in [-0.39, 0.29) is 11.9 Å². The van der Waals surface area contributed by atoms with Crippen molar-refractivity contribution in [2.75, 3.05) is 20.3 Å². The molecule has 1 aliphatic rings. The molecule has 6 nitrogen and oxygen atoms in total. The third kappa shape index (κ3) is 3.48. The van der Waals surface area contributed by atoms with E-state index in [4.69, 9.17) is 10.5 Å². The molecular weight excluding hydrogens is 258 g/mol. The molecule has 1 atom stereocenters. The monoisotopic (exact) mass is 277 g/mol. The van der Waals surface area contributed by atoms with Crippen molar-refractivity contribution in [1.82, 2.24) is 10.2 Å². The van der Waals surface area contributed by atoms with E-state index in [9.17, 15) is 9.59 Å². The van der Waals surface area contributed by atoms with Gasteiger partial charge in [0.1, 0.15) is 0 Å². The molecule has 0 spiro atoms. The Balaban J connectivity index is 1.97. The molecule has 6 heteroatoms. The van der Waals surface area contributed by atoms with Crippen molar-refractivity contribution >= 4 is 11.9 Å². The first kappa shape index (κ1) is 14.3. The Bertz CT molecular complexity index is 481. The third-order valence-electron chi connectivity index (χ3n) is 3.44. The number of benzene rings is 1. The molecule has 1 aromatic rings. The van der Waals surface area contributed by atoms with Gasteiger partial charge in [0.15, 0.2) is 0 Å². The molecule has 1 unspecified atom stereocenters. The van der Waals surface area contributed by atoms with Crippen LogP contribution >= 0.6 is 0 Å². The van der Waals surface area contributed by atoms with E-state index in [1.54, 1.807) is 24.1 Å². The van der Waals surface area contributed by atoms with Crippen LogP contribution < -0.4 is 11.1 Å². The molecule has 1 saturated heterocycles. The van der Waals surface area contributed by atoms with Gasteiger partial charge in [-0.05, 0) is 24.1 Å². The van der Waals surface area contributed by atoms with Crippen molar-refractivity contribution in [2.24, 2.45) is 5.73 Å². The summed E-state index contributed by atoms with van der Waals surface area (Å²) in [5.74, 6) is -0.0186. The number of ether oxygens (including phenoxy) is 1. The summed E-state index contributed by atoms with van der Waals surface area (Å²) in [6, 6.07) is 6.72. The SMILES string of the molecule is CN(C(=O)c1ccc(CNC(N)=O)cc1)C1CCOC1. The average Bonchev–Trinajstić information content (AvgIpc) is 2.98. The first-order valence-corrected chi connectivity index (χ1v) is 6.55. The summed E-state index contributed by atoms with van der Waals surface area (Å²) in [4.78, 5) is 24.6. The van der Waals surface area contributed by atoms with Gasteiger partial charge in [0.25, 0.3) is 5.91 Å². The molecular formula is C14H19N3O3. The second-order valence-electron chi connectivity index (χ2n) is 4.85. The summed E-state index contributed by atoms with van der Waals surface area (Å²) in [7, 11) is 1.80. The van der Waals surface area contributed by atoms with E-state index in [1.165, 1.54) is 0 Å². The van der Waals surface area contributed by atoms with Crippen LogP contribution in [0.3, 0.4) is 0 Å². The number of carbonyl (C=O) groups is 2. The van der Waals surface area contributed by atoms with E-state index in [1.807, 2.05) is 12.1 Å². The van der Waals surface area contributed by atoms with Crippen LogP contribution in [0.25, 0.3) is 0 Å². The number of amides is 3. The van der Waals surface area contributed by atoms with Gasteiger partial charge in [-0.2, -0.15) is 0 Å². The van der Waals surface area contributed by atoms with Crippen LogP contribution in [0.2, 0.25) is 0 Å². The minimum absolute atomic E-state index is 0.0186. The molecule has 0 saturated carbocycles. The molecule has 1 heterocycles. The molecule has 0 aromatic heterocycles. The molecule has 2 rings (SSSR count). The Morgan fingerprint density at radius 2 is 2.10 bits per heavy atom. The second kappa shape index (κ2) is 6.38. The minimum Gasteiger partial charge on any atom is -0.379 e. The standard InChI is InChI=1S/C14H19N3O3/c1-17(12-6-7-20-9-12)13(18)11-4-2-10(3-5-11)8-16-14(15)19/h2-5,12H,6-9H2,1H3,(H3,15,16,19). The predicted molar refractivity (Wildman–Crippen MR) is 74.2 cm³/mol. The van der Waals surface area contributed by atoms with Crippen molar-refractivity contribution in [2.45, 2.75) is 19.0 Å². The lowest BCUT2D eigenvalue weighted by atomic mass is 10.1. The summed E-state index contributed by atoms with van der Waals surface area (Å²) in [5, 5.41) is 2.50. The Morgan fingerprint density at radius 1 is 1.40 bits per heavy atom. The number of rotatable bonds is 4. The van der Waals surface area contributed by atoms with E-state index in [0.29, 0.717) is 25.3 Å². The molecule has 20 heavy (non-hydrogen) atoms. The number of hydrogen-bond donors (Lipinski definition) is 2. The topological polar surface area (TPSA) is 84.7 Å². The Hall–Kier alpha value is -2.08. The lowest BCUT2D eigenvalue weighted by Gasteiger charge is -2.23. The van der Waals surface area contributed by atoms with Crippen molar-refractivity contribution < 1.29 is 14.3 Å². The minimum atomic E-state index is -0.564. The zero-order valence-electron chi connectivity index (χ0n) is 11.5. The summed E-state index contributed by atoms with van der Waals surface area (Å²) in [6.45, 7) is 1.67. The summed E-state index contributed by atoms with van der Waals surface area (Å²) in [6.07, 6.45) is 0.878. The van der Waals surface area contributed by atoms with Crippen LogP contribution in [0.5, 0.6) is 0 Å². The first-order valence-electron chi connectivity index (χ1n) is 6.55. The molecule has 0 bridgehead atoms. The number of carbonyl (C=O) groups excluding carboxylic acids is 2. The highest BCUT2D eigenvalue weighted by Crippen LogP contribution is 2.14. The molecule has 1 fully saturated rings. The van der Waals surface area contributed by atoms with Crippen LogP contribution in [-0.4, -0.2) is 43.1 Å². The van der Waals surface area contributed by atoms with Crippen LogP contribution in [-0.2, 0) is 11.3 Å². The molecule has 0 aliphatic carbocycles. The number of urea groups is 1. The predicted octanol–water partition coefficient (Wildman–Crippen LogP) is 0.716. The molecule has 0 radical (unpaired) electrons. The van der Waals surface area contributed by atoms with Gasteiger partial charge in [0.05, 0.1) is 12.6 Å². The Labute approximate surface area is 117 Å². The Morgan fingerprint density at radius 3 is 2.65 bits per heavy atom. The van der Waals surface area contributed by atoms with Gasteiger partial charge in [-0.25, -0.2) is 4.79 Å².